The van der Waals surface area contributed by atoms with Crippen molar-refractivity contribution in [3.05, 3.63) is 64.9 Å². The smallest absolute Gasteiger partial charge is 0.379 e. The van der Waals surface area contributed by atoms with Crippen LogP contribution in [0, 0.1) is 5.82 Å². The van der Waals surface area contributed by atoms with E-state index in [-0.39, 0.29) is 64.9 Å². The molecule has 0 aliphatic carbocycles. The molecular weight excluding hydrogens is 548 g/mol. The fourth-order valence-electron chi connectivity index (χ4n) is 5.47. The van der Waals surface area contributed by atoms with Crippen molar-refractivity contribution in [1.82, 2.24) is 14.5 Å². The van der Waals surface area contributed by atoms with Crippen LogP contribution in [0.1, 0.15) is 19.4 Å². The zero-order valence-electron chi connectivity index (χ0n) is 22.2. The number of amides is 1. The monoisotopic (exact) mass is 576 g/mol. The van der Waals surface area contributed by atoms with Gasteiger partial charge in [-0.05, 0) is 43.7 Å². The summed E-state index contributed by atoms with van der Waals surface area (Å²) in [5.74, 6) is -0.384. The number of ether oxygens (including phenoxy) is 1. The number of carbonyl (C=O) groups is 1. The van der Waals surface area contributed by atoms with Gasteiger partial charge >= 0.3 is 11.9 Å². The zero-order valence-corrected chi connectivity index (χ0v) is 23.0. The summed E-state index contributed by atoms with van der Waals surface area (Å²) in [7, 11) is 1.49. The number of nitrogens with zero attached hydrogens (tertiary/aromatic N) is 4. The second-order valence-electron chi connectivity index (χ2n) is 10.1. The molecule has 0 bridgehead atoms. The van der Waals surface area contributed by atoms with Crippen LogP contribution in [0.2, 0.25) is 0 Å². The maximum Gasteiger partial charge on any atom is 0.417 e. The summed E-state index contributed by atoms with van der Waals surface area (Å²) in [6.07, 6.45) is -3.98. The molecule has 1 amide bonds. The summed E-state index contributed by atoms with van der Waals surface area (Å²) in [6, 6.07) is 5.25. The van der Waals surface area contributed by atoms with Crippen LogP contribution in [0.15, 0.2) is 52.7 Å². The molecule has 7 nitrogen and oxygen atoms in total. The molecule has 0 spiro atoms. The summed E-state index contributed by atoms with van der Waals surface area (Å²) in [5.41, 5.74) is -1.11. The highest BCUT2D eigenvalue weighted by Crippen LogP contribution is 2.48. The minimum absolute atomic E-state index is 0.112. The van der Waals surface area contributed by atoms with Crippen molar-refractivity contribution < 1.29 is 27.1 Å². The van der Waals surface area contributed by atoms with Crippen LogP contribution < -0.4 is 10.6 Å². The van der Waals surface area contributed by atoms with Crippen LogP contribution in [0.25, 0.3) is 22.0 Å². The fourth-order valence-corrected chi connectivity index (χ4v) is 6.79. The number of anilines is 1. The second kappa shape index (κ2) is 10.5. The van der Waals surface area contributed by atoms with Gasteiger partial charge in [-0.2, -0.15) is 18.2 Å². The van der Waals surface area contributed by atoms with E-state index in [9.17, 15) is 27.2 Å². The van der Waals surface area contributed by atoms with Crippen LogP contribution in [0.4, 0.5) is 23.4 Å². The lowest BCUT2D eigenvalue weighted by molar-refractivity contribution is -0.137. The van der Waals surface area contributed by atoms with Gasteiger partial charge in [0.05, 0.1) is 23.7 Å². The topological polar surface area (TPSA) is 67.7 Å². The molecule has 0 N–H and O–H groups in total. The lowest BCUT2D eigenvalue weighted by Gasteiger charge is -2.44. The molecular formula is C28H28F4N4O3S. The van der Waals surface area contributed by atoms with Crippen molar-refractivity contribution >= 4 is 34.4 Å². The number of benzene rings is 2. The average molecular weight is 577 g/mol. The van der Waals surface area contributed by atoms with Gasteiger partial charge in [-0.3, -0.25) is 9.36 Å². The first kappa shape index (κ1) is 28.2. The van der Waals surface area contributed by atoms with Crippen molar-refractivity contribution in [2.45, 2.75) is 49.7 Å². The van der Waals surface area contributed by atoms with E-state index in [4.69, 9.17) is 4.74 Å². The van der Waals surface area contributed by atoms with Gasteiger partial charge in [0.25, 0.3) is 0 Å². The second-order valence-corrected chi connectivity index (χ2v) is 11.1. The van der Waals surface area contributed by atoms with E-state index >= 15 is 0 Å². The van der Waals surface area contributed by atoms with Crippen molar-refractivity contribution in [2.75, 3.05) is 30.9 Å². The molecule has 3 aromatic rings. The maximum atomic E-state index is 14.7. The highest BCUT2D eigenvalue weighted by Gasteiger charge is 2.39. The minimum Gasteiger partial charge on any atom is -0.379 e. The third-order valence-corrected chi connectivity index (χ3v) is 8.71. The van der Waals surface area contributed by atoms with Gasteiger partial charge in [-0.25, -0.2) is 9.18 Å². The summed E-state index contributed by atoms with van der Waals surface area (Å²) in [4.78, 5) is 33.9. The Morgan fingerprint density at radius 3 is 2.48 bits per heavy atom. The molecule has 212 valence electrons. The molecule has 2 aliphatic heterocycles. The van der Waals surface area contributed by atoms with Crippen LogP contribution in [-0.4, -0.2) is 64.5 Å². The number of methoxy groups -OCH3 is 1. The van der Waals surface area contributed by atoms with Crippen LogP contribution >= 0.6 is 11.8 Å². The molecule has 2 aromatic carbocycles. The van der Waals surface area contributed by atoms with Gasteiger partial charge in [0, 0.05) is 53.9 Å². The molecule has 1 saturated heterocycles. The van der Waals surface area contributed by atoms with Crippen molar-refractivity contribution in [1.29, 1.82) is 0 Å². The Morgan fingerprint density at radius 1 is 1.15 bits per heavy atom. The number of carbonyl (C=O) groups excluding carboxylic acids is 1. The number of halogens is 4. The van der Waals surface area contributed by atoms with E-state index in [1.165, 1.54) is 41.6 Å². The molecule has 0 radical (unpaired) electrons. The Morgan fingerprint density at radius 2 is 1.85 bits per heavy atom. The maximum absolute atomic E-state index is 14.7. The molecule has 3 atom stereocenters. The highest BCUT2D eigenvalue weighted by molar-refractivity contribution is 7.99. The Hall–Kier alpha value is -3.38. The number of alkyl halides is 3. The predicted octanol–water partition coefficient (Wildman–Crippen LogP) is 4.95. The van der Waals surface area contributed by atoms with E-state index in [0.29, 0.717) is 11.3 Å². The quantitative estimate of drug-likeness (QED) is 0.324. The van der Waals surface area contributed by atoms with Crippen LogP contribution in [0.5, 0.6) is 0 Å². The summed E-state index contributed by atoms with van der Waals surface area (Å²) >= 11 is 1.17. The predicted molar refractivity (Wildman–Crippen MR) is 146 cm³/mol. The van der Waals surface area contributed by atoms with Crippen molar-refractivity contribution in [3.63, 3.8) is 0 Å². The number of piperazine rings is 1. The van der Waals surface area contributed by atoms with Gasteiger partial charge in [0.15, 0.2) is 0 Å². The number of hydrogen-bond acceptors (Lipinski definition) is 6. The molecule has 1 aromatic heterocycles. The molecule has 0 unspecified atom stereocenters. The zero-order chi connectivity index (χ0) is 28.9. The molecule has 40 heavy (non-hydrogen) atoms. The van der Waals surface area contributed by atoms with Crippen molar-refractivity contribution in [2.24, 2.45) is 0 Å². The van der Waals surface area contributed by atoms with Crippen molar-refractivity contribution in [3.8, 4) is 11.1 Å². The fraction of sp³-hybridized carbons (Fsp3) is 0.393. The Labute approximate surface area is 232 Å². The molecule has 12 heteroatoms. The first-order valence-corrected chi connectivity index (χ1v) is 13.7. The number of hydrogen-bond donors (Lipinski definition) is 0. The molecule has 1 fully saturated rings. The van der Waals surface area contributed by atoms with Gasteiger partial charge in [-0.1, -0.05) is 18.7 Å². The van der Waals surface area contributed by atoms with E-state index < -0.39 is 29.4 Å². The standard InChI is InChI=1S/C28H28F4N4O3S/c1-5-22(37)34-11-16(3)35(12-15(34)2)26-20-10-21(28(30,31)32)23(17-6-8-18(29)9-7-17)25-24(20)36(27(38)33-26)13-19(39-4)14-40-25/h5-10,15-16,19H,1,11-14H2,2-4H3/t15-,16+,19+/m1/s1. The van der Waals surface area contributed by atoms with E-state index in [0.717, 1.165) is 18.2 Å². The van der Waals surface area contributed by atoms with Gasteiger partial charge in [-0.15, -0.1) is 11.8 Å². The average Bonchev–Trinajstić information content (AvgIpc) is 3.12. The minimum atomic E-state index is -4.76. The molecule has 2 aliphatic rings. The third-order valence-electron chi connectivity index (χ3n) is 7.49. The summed E-state index contributed by atoms with van der Waals surface area (Å²) in [6.45, 7) is 7.87. The lowest BCUT2D eigenvalue weighted by atomic mass is 9.96. The van der Waals surface area contributed by atoms with E-state index in [2.05, 4.69) is 11.6 Å². The largest absolute Gasteiger partial charge is 0.417 e. The van der Waals surface area contributed by atoms with Crippen LogP contribution in [0.3, 0.4) is 0 Å². The Bertz CT molecular complexity index is 1540. The number of thioether (sulfide) groups is 1. The van der Waals surface area contributed by atoms with E-state index in [1.54, 1.807) is 9.80 Å². The van der Waals surface area contributed by atoms with Gasteiger partial charge < -0.3 is 14.5 Å². The van der Waals surface area contributed by atoms with Gasteiger partial charge in [0.2, 0.25) is 5.91 Å². The first-order valence-electron chi connectivity index (χ1n) is 12.7. The highest BCUT2D eigenvalue weighted by atomic mass is 32.2. The van der Waals surface area contributed by atoms with E-state index in [1.807, 2.05) is 13.8 Å². The first-order chi connectivity index (χ1) is 18.9. The molecule has 3 heterocycles. The van der Waals surface area contributed by atoms with Gasteiger partial charge in [0.1, 0.15) is 11.6 Å². The normalized spacial score (nSPS) is 21.4. The summed E-state index contributed by atoms with van der Waals surface area (Å²) < 4.78 is 64.8. The molecule has 5 rings (SSSR count). The summed E-state index contributed by atoms with van der Waals surface area (Å²) in [5, 5.41) is 0.180. The number of rotatable bonds is 4. The Balaban J connectivity index is 1.82. The Kier molecular flexibility index (Phi) is 7.43. The lowest BCUT2D eigenvalue weighted by Crippen LogP contribution is -2.58. The third kappa shape index (κ3) is 4.87. The number of aromatic nitrogens is 2. The SMILES string of the molecule is C=CC(=O)N1C[C@H](C)N(c2nc(=O)n3c4c(c(-c5ccc(F)cc5)c(C(F)(F)F)cc24)SC[C@@H](OC)C3)C[C@H]1C. The molecule has 0 saturated carbocycles. The van der Waals surface area contributed by atoms with Crippen LogP contribution in [-0.2, 0) is 22.3 Å².